The molecule has 0 amide bonds. The van der Waals surface area contributed by atoms with E-state index in [0.29, 0.717) is 5.92 Å². The molecule has 1 fully saturated rings. The first-order valence-electron chi connectivity index (χ1n) is 7.22. The average Bonchev–Trinajstić information content (AvgIpc) is 2.90. The Balaban J connectivity index is 2.06. The molecule has 0 aromatic heterocycles. The molecule has 0 bridgehead atoms. The van der Waals surface area contributed by atoms with Crippen LogP contribution in [0.4, 0.5) is 8.78 Å². The monoisotopic (exact) mass is 267 g/mol. The van der Waals surface area contributed by atoms with Gasteiger partial charge in [0.2, 0.25) is 0 Å². The van der Waals surface area contributed by atoms with E-state index in [2.05, 4.69) is 19.2 Å². The fourth-order valence-corrected chi connectivity index (χ4v) is 2.66. The summed E-state index contributed by atoms with van der Waals surface area (Å²) in [7, 11) is 0. The summed E-state index contributed by atoms with van der Waals surface area (Å²) in [5, 5.41) is 3.14. The van der Waals surface area contributed by atoms with Crippen LogP contribution in [0.15, 0.2) is 24.3 Å². The van der Waals surface area contributed by atoms with Crippen molar-refractivity contribution in [3.8, 4) is 0 Å². The van der Waals surface area contributed by atoms with Crippen molar-refractivity contribution in [2.24, 2.45) is 5.92 Å². The number of rotatable bonds is 5. The number of alkyl halides is 2. The van der Waals surface area contributed by atoms with Crippen LogP contribution in [0, 0.1) is 5.92 Å². The van der Waals surface area contributed by atoms with E-state index in [4.69, 9.17) is 0 Å². The van der Waals surface area contributed by atoms with Crippen molar-refractivity contribution in [2.45, 2.75) is 45.0 Å². The largest absolute Gasteiger partial charge is 0.316 e. The van der Waals surface area contributed by atoms with Gasteiger partial charge in [-0.15, -0.1) is 0 Å². The standard InChI is InChI=1S/C16H23F2N/c1-3-12(2)14-4-6-15(7-5-14)16(17,18)10-13-8-9-19-11-13/h4-7,12-13,19H,3,8-11H2,1-2H3. The first kappa shape index (κ1) is 14.4. The van der Waals surface area contributed by atoms with Crippen LogP contribution in [0.3, 0.4) is 0 Å². The smallest absolute Gasteiger partial charge is 0.273 e. The van der Waals surface area contributed by atoms with Gasteiger partial charge >= 0.3 is 0 Å². The normalized spacial score (nSPS) is 21.6. The molecule has 1 aromatic carbocycles. The molecule has 3 heteroatoms. The Kier molecular flexibility index (Phi) is 4.56. The lowest BCUT2D eigenvalue weighted by atomic mass is 9.92. The predicted octanol–water partition coefficient (Wildman–Crippen LogP) is 4.29. The molecule has 0 spiro atoms. The Morgan fingerprint density at radius 2 is 2.00 bits per heavy atom. The fraction of sp³-hybridized carbons (Fsp3) is 0.625. The van der Waals surface area contributed by atoms with Gasteiger partial charge in [0.15, 0.2) is 0 Å². The van der Waals surface area contributed by atoms with Crippen LogP contribution in [0.25, 0.3) is 0 Å². The predicted molar refractivity (Wildman–Crippen MR) is 74.6 cm³/mol. The summed E-state index contributed by atoms with van der Waals surface area (Å²) in [6.07, 6.45) is 1.85. The molecule has 0 aliphatic carbocycles. The summed E-state index contributed by atoms with van der Waals surface area (Å²) in [6, 6.07) is 6.91. The van der Waals surface area contributed by atoms with Crippen LogP contribution in [-0.4, -0.2) is 13.1 Å². The number of nitrogens with one attached hydrogen (secondary N) is 1. The second kappa shape index (κ2) is 6.00. The average molecular weight is 267 g/mol. The summed E-state index contributed by atoms with van der Waals surface area (Å²) in [6.45, 7) is 5.83. The van der Waals surface area contributed by atoms with E-state index in [9.17, 15) is 8.78 Å². The molecule has 1 nitrogen and oxygen atoms in total. The first-order chi connectivity index (χ1) is 9.03. The van der Waals surface area contributed by atoms with Crippen LogP contribution in [-0.2, 0) is 5.92 Å². The van der Waals surface area contributed by atoms with Gasteiger partial charge in [-0.25, -0.2) is 8.78 Å². The van der Waals surface area contributed by atoms with Crippen LogP contribution in [0.2, 0.25) is 0 Å². The Labute approximate surface area is 114 Å². The van der Waals surface area contributed by atoms with E-state index < -0.39 is 5.92 Å². The lowest BCUT2D eigenvalue weighted by Crippen LogP contribution is -2.20. The summed E-state index contributed by atoms with van der Waals surface area (Å²) in [4.78, 5) is 0. The Morgan fingerprint density at radius 3 is 2.53 bits per heavy atom. The quantitative estimate of drug-likeness (QED) is 0.839. The summed E-state index contributed by atoms with van der Waals surface area (Å²) in [5.41, 5.74) is 1.30. The minimum Gasteiger partial charge on any atom is -0.316 e. The maximum Gasteiger partial charge on any atom is 0.273 e. The fourth-order valence-electron chi connectivity index (χ4n) is 2.66. The van der Waals surface area contributed by atoms with Crippen molar-refractivity contribution in [1.29, 1.82) is 0 Å². The van der Waals surface area contributed by atoms with Gasteiger partial charge in [0.05, 0.1) is 0 Å². The molecule has 19 heavy (non-hydrogen) atoms. The second-order valence-corrected chi connectivity index (χ2v) is 5.70. The van der Waals surface area contributed by atoms with Gasteiger partial charge in [-0.05, 0) is 43.3 Å². The molecule has 1 N–H and O–H groups in total. The van der Waals surface area contributed by atoms with Crippen LogP contribution < -0.4 is 5.32 Å². The van der Waals surface area contributed by atoms with E-state index >= 15 is 0 Å². The molecule has 2 rings (SSSR count). The molecule has 2 unspecified atom stereocenters. The van der Waals surface area contributed by atoms with E-state index in [1.54, 1.807) is 12.1 Å². The molecule has 0 saturated carbocycles. The number of halogens is 2. The van der Waals surface area contributed by atoms with Gasteiger partial charge in [0.1, 0.15) is 0 Å². The number of hydrogen-bond donors (Lipinski definition) is 1. The third-order valence-corrected chi connectivity index (χ3v) is 4.22. The maximum atomic E-state index is 14.2. The van der Waals surface area contributed by atoms with Crippen molar-refractivity contribution < 1.29 is 8.78 Å². The minimum absolute atomic E-state index is 0.0390. The zero-order chi connectivity index (χ0) is 13.9. The Bertz CT molecular complexity index is 394. The van der Waals surface area contributed by atoms with Crippen LogP contribution >= 0.6 is 0 Å². The zero-order valence-electron chi connectivity index (χ0n) is 11.8. The van der Waals surface area contributed by atoms with E-state index in [1.165, 1.54) is 0 Å². The SMILES string of the molecule is CCC(C)c1ccc(C(F)(F)CC2CCNC2)cc1. The molecule has 0 radical (unpaired) electrons. The van der Waals surface area contributed by atoms with Crippen molar-refractivity contribution in [3.63, 3.8) is 0 Å². The van der Waals surface area contributed by atoms with Crippen LogP contribution in [0.1, 0.15) is 50.2 Å². The molecule has 1 saturated heterocycles. The molecule has 1 aliphatic rings. The number of benzene rings is 1. The maximum absolute atomic E-state index is 14.2. The lowest BCUT2D eigenvalue weighted by molar-refractivity contribution is -0.0268. The molecular formula is C16H23F2N. The Hall–Kier alpha value is -0.960. The van der Waals surface area contributed by atoms with E-state index in [1.807, 2.05) is 12.1 Å². The van der Waals surface area contributed by atoms with Crippen molar-refractivity contribution in [1.82, 2.24) is 5.32 Å². The highest BCUT2D eigenvalue weighted by atomic mass is 19.3. The van der Waals surface area contributed by atoms with E-state index in [0.717, 1.165) is 31.5 Å². The summed E-state index contributed by atoms with van der Waals surface area (Å²) >= 11 is 0. The van der Waals surface area contributed by atoms with Crippen molar-refractivity contribution in [3.05, 3.63) is 35.4 Å². The summed E-state index contributed by atoms with van der Waals surface area (Å²) in [5.74, 6) is -2.17. The highest BCUT2D eigenvalue weighted by Gasteiger charge is 2.35. The first-order valence-corrected chi connectivity index (χ1v) is 7.22. The highest BCUT2D eigenvalue weighted by Crippen LogP contribution is 2.36. The summed E-state index contributed by atoms with van der Waals surface area (Å²) < 4.78 is 28.4. The Morgan fingerprint density at radius 1 is 1.32 bits per heavy atom. The van der Waals surface area contributed by atoms with Gasteiger partial charge in [0.25, 0.3) is 5.92 Å². The molecule has 1 aliphatic heterocycles. The zero-order valence-corrected chi connectivity index (χ0v) is 11.8. The van der Waals surface area contributed by atoms with Gasteiger partial charge in [-0.3, -0.25) is 0 Å². The van der Waals surface area contributed by atoms with Crippen molar-refractivity contribution in [2.75, 3.05) is 13.1 Å². The minimum atomic E-state index is -2.70. The topological polar surface area (TPSA) is 12.0 Å². The lowest BCUT2D eigenvalue weighted by Gasteiger charge is -2.21. The second-order valence-electron chi connectivity index (χ2n) is 5.70. The highest BCUT2D eigenvalue weighted by molar-refractivity contribution is 5.27. The third kappa shape index (κ3) is 3.53. The van der Waals surface area contributed by atoms with Gasteiger partial charge in [-0.2, -0.15) is 0 Å². The van der Waals surface area contributed by atoms with Gasteiger partial charge in [-0.1, -0.05) is 38.1 Å². The van der Waals surface area contributed by atoms with Crippen LogP contribution in [0.5, 0.6) is 0 Å². The van der Waals surface area contributed by atoms with Crippen molar-refractivity contribution >= 4 is 0 Å². The van der Waals surface area contributed by atoms with Gasteiger partial charge < -0.3 is 5.32 Å². The molecule has 1 aromatic rings. The molecule has 106 valence electrons. The number of hydrogen-bond acceptors (Lipinski definition) is 1. The molecule has 1 heterocycles. The van der Waals surface area contributed by atoms with Gasteiger partial charge in [0, 0.05) is 12.0 Å². The molecular weight excluding hydrogens is 244 g/mol. The molecule has 2 atom stereocenters. The van der Waals surface area contributed by atoms with E-state index in [-0.39, 0.29) is 17.9 Å². The third-order valence-electron chi connectivity index (χ3n) is 4.22.